The SMILES string of the molecule is CCC=CCC=CCC=CCCCCCCCCC1(CCCCCCCCC=CCC=CCC=CCC)OCC(CC[N+](C)(C)C)O1. The average molecular weight is 653 g/mol. The normalized spacial score (nSPS) is 19.5. The Kier molecular flexibility index (Phi) is 28.0. The van der Waals surface area contributed by atoms with Crippen LogP contribution in [0.15, 0.2) is 72.9 Å². The second-order valence-corrected chi connectivity index (χ2v) is 14.7. The highest BCUT2D eigenvalue weighted by molar-refractivity contribution is 4.98. The molecular weight excluding hydrogens is 574 g/mol. The van der Waals surface area contributed by atoms with Crippen LogP contribution >= 0.6 is 0 Å². The van der Waals surface area contributed by atoms with E-state index in [2.05, 4.69) is 108 Å². The third-order valence-corrected chi connectivity index (χ3v) is 8.95. The Hall–Kier alpha value is -1.68. The van der Waals surface area contributed by atoms with E-state index in [-0.39, 0.29) is 11.9 Å². The topological polar surface area (TPSA) is 18.5 Å². The number of hydrogen-bond acceptors (Lipinski definition) is 2. The highest BCUT2D eigenvalue weighted by atomic mass is 16.7. The Morgan fingerprint density at radius 1 is 0.511 bits per heavy atom. The summed E-state index contributed by atoms with van der Waals surface area (Å²) in [7, 11) is 6.81. The molecule has 0 bridgehead atoms. The monoisotopic (exact) mass is 653 g/mol. The van der Waals surface area contributed by atoms with Gasteiger partial charge in [0.25, 0.3) is 0 Å². The third-order valence-electron chi connectivity index (χ3n) is 8.95. The van der Waals surface area contributed by atoms with Gasteiger partial charge < -0.3 is 14.0 Å². The summed E-state index contributed by atoms with van der Waals surface area (Å²) in [5.41, 5.74) is 0. The summed E-state index contributed by atoms with van der Waals surface area (Å²) in [5.74, 6) is -0.327. The highest BCUT2D eigenvalue weighted by Crippen LogP contribution is 2.35. The Morgan fingerprint density at radius 3 is 1.32 bits per heavy atom. The van der Waals surface area contributed by atoms with Gasteiger partial charge in [-0.25, -0.2) is 0 Å². The number of nitrogens with zero attached hydrogens (tertiary/aromatic N) is 1. The lowest BCUT2D eigenvalue weighted by atomic mass is 9.98. The molecule has 1 aliphatic heterocycles. The van der Waals surface area contributed by atoms with E-state index in [9.17, 15) is 0 Å². The van der Waals surface area contributed by atoms with Crippen molar-refractivity contribution in [2.45, 2.75) is 173 Å². The van der Waals surface area contributed by atoms with Crippen molar-refractivity contribution in [3.63, 3.8) is 0 Å². The van der Waals surface area contributed by atoms with Crippen molar-refractivity contribution >= 4 is 0 Å². The van der Waals surface area contributed by atoms with Crippen molar-refractivity contribution in [2.75, 3.05) is 34.3 Å². The van der Waals surface area contributed by atoms with Gasteiger partial charge in [0.2, 0.25) is 0 Å². The zero-order valence-corrected chi connectivity index (χ0v) is 31.9. The fourth-order valence-corrected chi connectivity index (χ4v) is 6.06. The first kappa shape index (κ1) is 43.3. The zero-order valence-electron chi connectivity index (χ0n) is 31.9. The summed E-state index contributed by atoms with van der Waals surface area (Å²) in [4.78, 5) is 0. The summed E-state index contributed by atoms with van der Waals surface area (Å²) in [6.07, 6.45) is 55.6. The third kappa shape index (κ3) is 27.9. The van der Waals surface area contributed by atoms with Gasteiger partial charge in [-0.2, -0.15) is 0 Å². The van der Waals surface area contributed by atoms with Crippen molar-refractivity contribution in [2.24, 2.45) is 0 Å². The molecule has 47 heavy (non-hydrogen) atoms. The molecule has 1 unspecified atom stereocenters. The first-order valence-corrected chi connectivity index (χ1v) is 19.9. The standard InChI is InChI=1S/C44H78NO2/c1-6-8-10-12-14-16-18-20-22-24-26-28-30-32-34-36-39-44(46-42-43(47-44)38-41-45(3,4)5)40-37-35-33-31-29-27-25-23-21-19-17-15-13-11-9-7-2/h8-11,14-17,20-23,43H,6-7,12-13,18-19,24-42H2,1-5H3/q+1. The number of rotatable bonds is 31. The van der Waals surface area contributed by atoms with E-state index < -0.39 is 0 Å². The van der Waals surface area contributed by atoms with Gasteiger partial charge in [-0.15, -0.1) is 0 Å². The summed E-state index contributed by atoms with van der Waals surface area (Å²) >= 11 is 0. The molecule has 0 aliphatic carbocycles. The quantitative estimate of drug-likeness (QED) is 0.0421. The number of ether oxygens (including phenoxy) is 2. The van der Waals surface area contributed by atoms with Crippen molar-refractivity contribution in [1.82, 2.24) is 0 Å². The zero-order chi connectivity index (χ0) is 34.2. The molecule has 3 nitrogen and oxygen atoms in total. The molecule has 0 aromatic rings. The van der Waals surface area contributed by atoms with Crippen LogP contribution in [-0.2, 0) is 9.47 Å². The smallest absolute Gasteiger partial charge is 0.168 e. The van der Waals surface area contributed by atoms with Gasteiger partial charge in [0.1, 0.15) is 0 Å². The van der Waals surface area contributed by atoms with E-state index in [1.807, 2.05) is 0 Å². The molecule has 270 valence electrons. The molecule has 1 fully saturated rings. The first-order chi connectivity index (χ1) is 22.9. The fourth-order valence-electron chi connectivity index (χ4n) is 6.06. The molecule has 0 amide bonds. The van der Waals surface area contributed by atoms with Gasteiger partial charge in [-0.05, 0) is 77.0 Å². The van der Waals surface area contributed by atoms with Crippen LogP contribution in [0.25, 0.3) is 0 Å². The molecule has 1 saturated heterocycles. The van der Waals surface area contributed by atoms with Gasteiger partial charge in [0.15, 0.2) is 5.79 Å². The molecule has 0 N–H and O–H groups in total. The Bertz CT molecular complexity index is 818. The van der Waals surface area contributed by atoms with E-state index in [4.69, 9.17) is 9.47 Å². The Morgan fingerprint density at radius 2 is 0.894 bits per heavy atom. The van der Waals surface area contributed by atoms with E-state index in [0.29, 0.717) is 0 Å². The van der Waals surface area contributed by atoms with E-state index >= 15 is 0 Å². The van der Waals surface area contributed by atoms with Crippen molar-refractivity contribution in [1.29, 1.82) is 0 Å². The minimum atomic E-state index is -0.327. The summed E-state index contributed by atoms with van der Waals surface area (Å²) < 4.78 is 14.2. The van der Waals surface area contributed by atoms with Gasteiger partial charge in [0, 0.05) is 19.3 Å². The molecule has 1 rings (SSSR count). The minimum Gasteiger partial charge on any atom is -0.347 e. The predicted octanol–water partition coefficient (Wildman–Crippen LogP) is 13.2. The first-order valence-electron chi connectivity index (χ1n) is 19.9. The number of hydrogen-bond donors (Lipinski definition) is 0. The van der Waals surface area contributed by atoms with Gasteiger partial charge in [-0.1, -0.05) is 138 Å². The molecule has 0 aromatic heterocycles. The van der Waals surface area contributed by atoms with Crippen LogP contribution in [-0.4, -0.2) is 50.7 Å². The second-order valence-electron chi connectivity index (χ2n) is 14.7. The fraction of sp³-hybridized carbons (Fsp3) is 0.727. The predicted molar refractivity (Wildman–Crippen MR) is 209 cm³/mol. The van der Waals surface area contributed by atoms with Crippen molar-refractivity contribution < 1.29 is 14.0 Å². The maximum atomic E-state index is 6.73. The molecular formula is C44H78NO2+. The Labute approximate surface area is 293 Å². The molecule has 3 heteroatoms. The lowest BCUT2D eigenvalue weighted by Gasteiger charge is -2.29. The van der Waals surface area contributed by atoms with E-state index in [0.717, 1.165) is 75.4 Å². The van der Waals surface area contributed by atoms with Crippen LogP contribution in [0.2, 0.25) is 0 Å². The summed E-state index contributed by atoms with van der Waals surface area (Å²) in [5, 5.41) is 0. The average Bonchev–Trinajstić information content (AvgIpc) is 3.46. The van der Waals surface area contributed by atoms with Crippen molar-refractivity contribution in [3.05, 3.63) is 72.9 Å². The van der Waals surface area contributed by atoms with Crippen molar-refractivity contribution in [3.8, 4) is 0 Å². The number of quaternary nitrogens is 1. The van der Waals surface area contributed by atoms with E-state index in [1.165, 1.54) is 89.9 Å². The second kappa shape index (κ2) is 30.4. The summed E-state index contributed by atoms with van der Waals surface area (Å²) in [6.45, 7) is 6.27. The van der Waals surface area contributed by atoms with Crippen LogP contribution in [0.1, 0.15) is 162 Å². The van der Waals surface area contributed by atoms with Crippen LogP contribution in [0.5, 0.6) is 0 Å². The van der Waals surface area contributed by atoms with Gasteiger partial charge >= 0.3 is 0 Å². The van der Waals surface area contributed by atoms with Gasteiger partial charge in [-0.3, -0.25) is 0 Å². The Balaban J connectivity index is 2.22. The number of unbranched alkanes of at least 4 members (excludes halogenated alkanes) is 12. The van der Waals surface area contributed by atoms with Crippen LogP contribution in [0.4, 0.5) is 0 Å². The van der Waals surface area contributed by atoms with Gasteiger partial charge in [0.05, 0.1) is 40.4 Å². The minimum absolute atomic E-state index is 0.259. The highest BCUT2D eigenvalue weighted by Gasteiger charge is 2.40. The maximum absolute atomic E-state index is 6.73. The van der Waals surface area contributed by atoms with E-state index in [1.54, 1.807) is 0 Å². The largest absolute Gasteiger partial charge is 0.347 e. The number of allylic oxidation sites excluding steroid dienone is 12. The molecule has 0 aromatic carbocycles. The molecule has 0 radical (unpaired) electrons. The lowest BCUT2D eigenvalue weighted by Crippen LogP contribution is -2.38. The molecule has 1 atom stereocenters. The maximum Gasteiger partial charge on any atom is 0.168 e. The van der Waals surface area contributed by atoms with Crippen LogP contribution in [0.3, 0.4) is 0 Å². The van der Waals surface area contributed by atoms with Crippen LogP contribution in [0, 0.1) is 0 Å². The van der Waals surface area contributed by atoms with Crippen LogP contribution < -0.4 is 0 Å². The molecule has 0 spiro atoms. The molecule has 1 aliphatic rings. The summed E-state index contributed by atoms with van der Waals surface area (Å²) in [6, 6.07) is 0. The molecule has 0 saturated carbocycles. The lowest BCUT2D eigenvalue weighted by molar-refractivity contribution is -0.870. The molecule has 1 heterocycles.